The van der Waals surface area contributed by atoms with Crippen LogP contribution in [-0.2, 0) is 9.53 Å². The SMILES string of the molecule is CCOc1cc(OC2CCN(C(=O)O)CC2)cc(C(Nc2ccc(C#N)cc2)C(=O)OC)c1. The standard InChI is InChI=1S/C24H27N3O6/c1-3-32-20-12-17(13-21(14-20)33-19-8-10-27(11-9-19)24(29)30)22(23(28)31-2)26-18-6-4-16(15-25)5-7-18/h4-7,12-14,19,22,26H,3,8-11H2,1-2H3,(H,29,30). The zero-order valence-corrected chi connectivity index (χ0v) is 18.6. The molecule has 2 N–H and O–H groups in total. The van der Waals surface area contributed by atoms with E-state index in [1.54, 1.807) is 42.5 Å². The van der Waals surface area contributed by atoms with Gasteiger partial charge in [-0.2, -0.15) is 5.26 Å². The lowest BCUT2D eigenvalue weighted by Gasteiger charge is -2.30. The van der Waals surface area contributed by atoms with Gasteiger partial charge in [0.05, 0.1) is 25.3 Å². The summed E-state index contributed by atoms with van der Waals surface area (Å²) in [4.78, 5) is 25.1. The van der Waals surface area contributed by atoms with Gasteiger partial charge in [0.25, 0.3) is 0 Å². The lowest BCUT2D eigenvalue weighted by molar-refractivity contribution is -0.141. The lowest BCUT2D eigenvalue weighted by atomic mass is 10.0. The number of rotatable bonds is 8. The molecular formula is C24H27N3O6. The van der Waals surface area contributed by atoms with Crippen LogP contribution in [0.15, 0.2) is 42.5 Å². The molecule has 2 aromatic carbocycles. The van der Waals surface area contributed by atoms with Gasteiger partial charge in [0.15, 0.2) is 6.04 Å². The molecule has 1 aliphatic heterocycles. The number of amides is 1. The molecule has 174 valence electrons. The van der Waals surface area contributed by atoms with Gasteiger partial charge in [-0.3, -0.25) is 0 Å². The number of piperidine rings is 1. The van der Waals surface area contributed by atoms with Crippen molar-refractivity contribution in [3.8, 4) is 17.6 Å². The van der Waals surface area contributed by atoms with Gasteiger partial charge in [0.1, 0.15) is 17.6 Å². The second-order valence-electron chi connectivity index (χ2n) is 7.55. The van der Waals surface area contributed by atoms with Gasteiger partial charge in [0, 0.05) is 37.7 Å². The van der Waals surface area contributed by atoms with Crippen molar-refractivity contribution in [1.82, 2.24) is 4.90 Å². The molecule has 0 aliphatic carbocycles. The highest BCUT2D eigenvalue weighted by Crippen LogP contribution is 2.31. The van der Waals surface area contributed by atoms with Crippen LogP contribution in [0.4, 0.5) is 10.5 Å². The summed E-state index contributed by atoms with van der Waals surface area (Å²) < 4.78 is 16.8. The minimum atomic E-state index is -0.927. The van der Waals surface area contributed by atoms with Crippen LogP contribution in [0.2, 0.25) is 0 Å². The van der Waals surface area contributed by atoms with Crippen molar-refractivity contribution in [1.29, 1.82) is 5.26 Å². The van der Waals surface area contributed by atoms with Crippen molar-refractivity contribution < 1.29 is 28.9 Å². The number of nitriles is 1. The summed E-state index contributed by atoms with van der Waals surface area (Å²) >= 11 is 0. The number of benzene rings is 2. The van der Waals surface area contributed by atoms with Crippen molar-refractivity contribution in [2.24, 2.45) is 0 Å². The molecule has 1 fully saturated rings. The minimum absolute atomic E-state index is 0.145. The van der Waals surface area contributed by atoms with Gasteiger partial charge in [0.2, 0.25) is 0 Å². The van der Waals surface area contributed by atoms with Gasteiger partial charge in [-0.25, -0.2) is 9.59 Å². The maximum Gasteiger partial charge on any atom is 0.407 e. The van der Waals surface area contributed by atoms with E-state index in [9.17, 15) is 9.59 Å². The Balaban J connectivity index is 1.84. The fourth-order valence-corrected chi connectivity index (χ4v) is 3.64. The Morgan fingerprint density at radius 1 is 1.18 bits per heavy atom. The molecule has 0 spiro atoms. The van der Waals surface area contributed by atoms with E-state index in [2.05, 4.69) is 11.4 Å². The number of methoxy groups -OCH3 is 1. The van der Waals surface area contributed by atoms with Crippen LogP contribution >= 0.6 is 0 Å². The third-order valence-corrected chi connectivity index (χ3v) is 5.32. The first-order valence-corrected chi connectivity index (χ1v) is 10.7. The van der Waals surface area contributed by atoms with Crippen LogP contribution < -0.4 is 14.8 Å². The average molecular weight is 453 g/mol. The number of nitrogens with zero attached hydrogens (tertiary/aromatic N) is 2. The normalized spacial score (nSPS) is 14.6. The Hall–Kier alpha value is -3.93. The Kier molecular flexibility index (Phi) is 7.97. The van der Waals surface area contributed by atoms with Crippen molar-refractivity contribution >= 4 is 17.7 Å². The van der Waals surface area contributed by atoms with Crippen molar-refractivity contribution in [3.63, 3.8) is 0 Å². The van der Waals surface area contributed by atoms with E-state index < -0.39 is 18.1 Å². The second kappa shape index (κ2) is 11.1. The summed E-state index contributed by atoms with van der Waals surface area (Å²) in [7, 11) is 1.32. The van der Waals surface area contributed by atoms with Crippen LogP contribution in [0.3, 0.4) is 0 Å². The molecule has 0 aromatic heterocycles. The first-order valence-electron chi connectivity index (χ1n) is 10.7. The molecule has 1 heterocycles. The molecule has 2 aromatic rings. The molecule has 1 aliphatic rings. The van der Waals surface area contributed by atoms with Crippen molar-refractivity contribution in [3.05, 3.63) is 53.6 Å². The summed E-state index contributed by atoms with van der Waals surface area (Å²) in [5, 5.41) is 21.3. The Labute approximate surface area is 192 Å². The maximum absolute atomic E-state index is 12.6. The summed E-state index contributed by atoms with van der Waals surface area (Å²) in [5.41, 5.74) is 1.75. The van der Waals surface area contributed by atoms with E-state index in [1.807, 2.05) is 6.92 Å². The topological polar surface area (TPSA) is 121 Å². The Bertz CT molecular complexity index is 1010. The molecule has 0 saturated carbocycles. The minimum Gasteiger partial charge on any atom is -0.494 e. The van der Waals surface area contributed by atoms with Gasteiger partial charge in [-0.1, -0.05) is 0 Å². The number of hydrogen-bond donors (Lipinski definition) is 2. The zero-order valence-electron chi connectivity index (χ0n) is 18.6. The van der Waals surface area contributed by atoms with Crippen molar-refractivity contribution in [2.75, 3.05) is 32.1 Å². The molecule has 9 nitrogen and oxygen atoms in total. The Morgan fingerprint density at radius 2 is 1.85 bits per heavy atom. The van der Waals surface area contributed by atoms with E-state index in [4.69, 9.17) is 24.6 Å². The summed E-state index contributed by atoms with van der Waals surface area (Å²) in [6.45, 7) is 3.11. The molecule has 1 saturated heterocycles. The predicted molar refractivity (Wildman–Crippen MR) is 120 cm³/mol. The molecule has 0 bridgehead atoms. The van der Waals surface area contributed by atoms with Gasteiger partial charge in [-0.05, 0) is 48.9 Å². The zero-order chi connectivity index (χ0) is 23.8. The highest BCUT2D eigenvalue weighted by molar-refractivity contribution is 5.81. The highest BCUT2D eigenvalue weighted by Gasteiger charge is 2.26. The smallest absolute Gasteiger partial charge is 0.407 e. The van der Waals surface area contributed by atoms with E-state index >= 15 is 0 Å². The summed E-state index contributed by atoms with van der Waals surface area (Å²) in [6.07, 6.45) is 0.0757. The monoisotopic (exact) mass is 453 g/mol. The number of esters is 1. The predicted octanol–water partition coefficient (Wildman–Crippen LogP) is 3.80. The van der Waals surface area contributed by atoms with E-state index in [-0.39, 0.29) is 6.10 Å². The van der Waals surface area contributed by atoms with Crippen LogP contribution in [0, 0.1) is 11.3 Å². The molecule has 33 heavy (non-hydrogen) atoms. The molecule has 9 heteroatoms. The fourth-order valence-electron chi connectivity index (χ4n) is 3.64. The molecule has 3 rings (SSSR count). The molecule has 1 unspecified atom stereocenters. The van der Waals surface area contributed by atoms with Crippen LogP contribution in [0.1, 0.15) is 36.9 Å². The number of anilines is 1. The van der Waals surface area contributed by atoms with Crippen LogP contribution in [0.5, 0.6) is 11.5 Å². The van der Waals surface area contributed by atoms with E-state index in [1.165, 1.54) is 12.0 Å². The third-order valence-electron chi connectivity index (χ3n) is 5.32. The number of nitrogens with one attached hydrogen (secondary N) is 1. The first kappa shape index (κ1) is 23.7. The average Bonchev–Trinajstić information content (AvgIpc) is 2.83. The Morgan fingerprint density at radius 3 is 2.42 bits per heavy atom. The molecule has 1 amide bonds. The number of ether oxygens (including phenoxy) is 3. The molecule has 1 atom stereocenters. The number of carbonyl (C=O) groups is 2. The fraction of sp³-hybridized carbons (Fsp3) is 0.375. The highest BCUT2D eigenvalue weighted by atomic mass is 16.5. The van der Waals surface area contributed by atoms with Gasteiger partial charge >= 0.3 is 12.1 Å². The number of carboxylic acid groups (broad SMARTS) is 1. The number of likely N-dealkylation sites (tertiary alicyclic amines) is 1. The number of hydrogen-bond acceptors (Lipinski definition) is 7. The molecule has 0 radical (unpaired) electrons. The number of carbonyl (C=O) groups excluding carboxylic acids is 1. The largest absolute Gasteiger partial charge is 0.494 e. The van der Waals surface area contributed by atoms with Gasteiger partial charge < -0.3 is 29.5 Å². The molecular weight excluding hydrogens is 426 g/mol. The van der Waals surface area contributed by atoms with E-state index in [0.717, 1.165) is 0 Å². The van der Waals surface area contributed by atoms with Crippen LogP contribution in [-0.4, -0.2) is 55.0 Å². The van der Waals surface area contributed by atoms with Gasteiger partial charge in [-0.15, -0.1) is 0 Å². The summed E-state index contributed by atoms with van der Waals surface area (Å²) in [6, 6.07) is 13.2. The van der Waals surface area contributed by atoms with Crippen molar-refractivity contribution in [2.45, 2.75) is 31.9 Å². The maximum atomic E-state index is 12.6. The quantitative estimate of drug-likeness (QED) is 0.579. The third kappa shape index (κ3) is 6.29. The summed E-state index contributed by atoms with van der Waals surface area (Å²) in [5.74, 6) is 0.581. The second-order valence-corrected chi connectivity index (χ2v) is 7.55. The lowest BCUT2D eigenvalue weighted by Crippen LogP contribution is -2.41. The van der Waals surface area contributed by atoms with E-state index in [0.29, 0.717) is 60.9 Å². The first-order chi connectivity index (χ1) is 15.9. The van der Waals surface area contributed by atoms with Crippen LogP contribution in [0.25, 0.3) is 0 Å².